The Hall–Kier alpha value is -3.35. The van der Waals surface area contributed by atoms with Crippen LogP contribution in [0.2, 0.25) is 0 Å². The Morgan fingerprint density at radius 3 is 2.45 bits per heavy atom. The number of ether oxygens (including phenoxy) is 2. The number of hydrogen-bond acceptors (Lipinski definition) is 6. The summed E-state index contributed by atoms with van der Waals surface area (Å²) in [4.78, 5) is 23.8. The van der Waals surface area contributed by atoms with Gasteiger partial charge in [0.1, 0.15) is 0 Å². The molecule has 152 valence electrons. The molecular formula is C22H26N4O3. The van der Waals surface area contributed by atoms with E-state index in [1.54, 1.807) is 25.3 Å². The molecule has 3 rings (SSSR count). The van der Waals surface area contributed by atoms with E-state index in [0.717, 1.165) is 16.8 Å². The van der Waals surface area contributed by atoms with Gasteiger partial charge in [-0.3, -0.25) is 4.79 Å². The quantitative estimate of drug-likeness (QED) is 0.648. The van der Waals surface area contributed by atoms with Crippen molar-refractivity contribution in [1.82, 2.24) is 14.9 Å². The Labute approximate surface area is 170 Å². The second kappa shape index (κ2) is 8.77. The van der Waals surface area contributed by atoms with Gasteiger partial charge in [-0.2, -0.15) is 0 Å². The van der Waals surface area contributed by atoms with Gasteiger partial charge in [0, 0.05) is 42.1 Å². The fourth-order valence-corrected chi connectivity index (χ4v) is 3.21. The van der Waals surface area contributed by atoms with E-state index in [-0.39, 0.29) is 5.91 Å². The van der Waals surface area contributed by atoms with E-state index in [1.165, 1.54) is 0 Å². The molecule has 0 saturated carbocycles. The normalized spacial score (nSPS) is 10.7. The van der Waals surface area contributed by atoms with Crippen LogP contribution in [0.4, 0.5) is 11.4 Å². The largest absolute Gasteiger partial charge is 0.493 e. The van der Waals surface area contributed by atoms with Crippen molar-refractivity contribution >= 4 is 28.3 Å². The molecule has 2 aromatic heterocycles. The zero-order valence-corrected chi connectivity index (χ0v) is 17.4. The molecule has 3 aromatic rings. The predicted octanol–water partition coefficient (Wildman–Crippen LogP) is 4.18. The summed E-state index contributed by atoms with van der Waals surface area (Å²) in [5.41, 5.74) is 3.39. The molecule has 0 saturated heterocycles. The minimum atomic E-state index is -0.0760. The highest BCUT2D eigenvalue weighted by Gasteiger charge is 2.20. The van der Waals surface area contributed by atoms with Crippen LogP contribution in [0.5, 0.6) is 11.5 Å². The topological polar surface area (TPSA) is 76.6 Å². The molecule has 1 N–H and O–H groups in total. The lowest BCUT2D eigenvalue weighted by molar-refractivity contribution is 0.0774. The molecule has 0 aliphatic carbocycles. The number of fused-ring (bicyclic) bond motifs is 1. The number of anilines is 2. The number of amides is 1. The maximum atomic E-state index is 13.1. The summed E-state index contributed by atoms with van der Waals surface area (Å²) in [6.45, 7) is 7.08. The summed E-state index contributed by atoms with van der Waals surface area (Å²) in [5, 5.41) is 4.16. The molecule has 0 spiro atoms. The zero-order chi connectivity index (χ0) is 21.0. The molecule has 2 heterocycles. The van der Waals surface area contributed by atoms with Gasteiger partial charge in [-0.1, -0.05) is 0 Å². The van der Waals surface area contributed by atoms with Gasteiger partial charge in [0.15, 0.2) is 17.1 Å². The molecule has 29 heavy (non-hydrogen) atoms. The molecular weight excluding hydrogens is 368 g/mol. The van der Waals surface area contributed by atoms with Crippen LogP contribution >= 0.6 is 0 Å². The molecule has 0 aliphatic rings. The zero-order valence-electron chi connectivity index (χ0n) is 17.4. The number of aryl methyl sites for hydroxylation is 1. The van der Waals surface area contributed by atoms with E-state index in [1.807, 2.05) is 51.1 Å². The van der Waals surface area contributed by atoms with Crippen LogP contribution in [0, 0.1) is 6.92 Å². The third-order valence-electron chi connectivity index (χ3n) is 4.80. The Morgan fingerprint density at radius 1 is 1.07 bits per heavy atom. The SMILES string of the molecule is CCN(CC)C(=O)c1cnc2nc(C)ccc2c1Nc1ccc(OC)c(OC)c1. The minimum Gasteiger partial charge on any atom is -0.493 e. The first kappa shape index (κ1) is 20.4. The summed E-state index contributed by atoms with van der Waals surface area (Å²) >= 11 is 0. The maximum Gasteiger partial charge on any atom is 0.257 e. The monoisotopic (exact) mass is 394 g/mol. The Kier molecular flexibility index (Phi) is 6.16. The molecule has 0 fully saturated rings. The average molecular weight is 394 g/mol. The summed E-state index contributed by atoms with van der Waals surface area (Å²) in [5.74, 6) is 1.16. The average Bonchev–Trinajstić information content (AvgIpc) is 2.74. The van der Waals surface area contributed by atoms with Crippen molar-refractivity contribution in [1.29, 1.82) is 0 Å². The third kappa shape index (κ3) is 4.08. The van der Waals surface area contributed by atoms with Crippen LogP contribution in [0.3, 0.4) is 0 Å². The van der Waals surface area contributed by atoms with E-state index in [0.29, 0.717) is 41.5 Å². The number of hydrogen-bond donors (Lipinski definition) is 1. The van der Waals surface area contributed by atoms with Crippen molar-refractivity contribution in [3.8, 4) is 11.5 Å². The third-order valence-corrected chi connectivity index (χ3v) is 4.80. The van der Waals surface area contributed by atoms with Crippen LogP contribution in [0.1, 0.15) is 29.9 Å². The van der Waals surface area contributed by atoms with Crippen LogP contribution < -0.4 is 14.8 Å². The molecule has 1 amide bonds. The molecule has 0 bridgehead atoms. The molecule has 1 aromatic carbocycles. The lowest BCUT2D eigenvalue weighted by Crippen LogP contribution is -2.31. The Bertz CT molecular complexity index is 1030. The molecule has 0 aliphatic heterocycles. The fraction of sp³-hybridized carbons (Fsp3) is 0.318. The number of pyridine rings is 2. The summed E-state index contributed by atoms with van der Waals surface area (Å²) in [6.07, 6.45) is 1.60. The van der Waals surface area contributed by atoms with Crippen LogP contribution in [0.25, 0.3) is 11.0 Å². The van der Waals surface area contributed by atoms with Crippen molar-refractivity contribution in [3.63, 3.8) is 0 Å². The van der Waals surface area contributed by atoms with Crippen molar-refractivity contribution < 1.29 is 14.3 Å². The van der Waals surface area contributed by atoms with Crippen molar-refractivity contribution in [3.05, 3.63) is 47.8 Å². The standard InChI is InChI=1S/C22H26N4O3/c1-6-26(7-2)22(27)17-13-23-21-16(10-8-14(3)24-21)20(17)25-15-9-11-18(28-4)19(12-15)29-5/h8-13H,6-7H2,1-5H3,(H,23,24,25). The number of nitrogens with zero attached hydrogens (tertiary/aromatic N) is 3. The fourth-order valence-electron chi connectivity index (χ4n) is 3.21. The number of carbonyl (C=O) groups is 1. The molecule has 0 radical (unpaired) electrons. The molecule has 7 nitrogen and oxygen atoms in total. The van der Waals surface area contributed by atoms with Gasteiger partial charge >= 0.3 is 0 Å². The highest BCUT2D eigenvalue weighted by atomic mass is 16.5. The van der Waals surface area contributed by atoms with Gasteiger partial charge in [0.25, 0.3) is 5.91 Å². The van der Waals surface area contributed by atoms with Crippen molar-refractivity contribution in [2.75, 3.05) is 32.6 Å². The van der Waals surface area contributed by atoms with Crippen molar-refractivity contribution in [2.24, 2.45) is 0 Å². The van der Waals surface area contributed by atoms with E-state index < -0.39 is 0 Å². The van der Waals surface area contributed by atoms with Crippen LogP contribution in [-0.2, 0) is 0 Å². The lowest BCUT2D eigenvalue weighted by atomic mass is 10.1. The summed E-state index contributed by atoms with van der Waals surface area (Å²) < 4.78 is 10.7. The number of carbonyl (C=O) groups excluding carboxylic acids is 1. The van der Waals surface area contributed by atoms with Crippen LogP contribution in [0.15, 0.2) is 36.5 Å². The number of rotatable bonds is 7. The molecule has 0 atom stereocenters. The van der Waals surface area contributed by atoms with Gasteiger partial charge < -0.3 is 19.7 Å². The number of nitrogens with one attached hydrogen (secondary N) is 1. The second-order valence-electron chi connectivity index (χ2n) is 6.54. The van der Waals surface area contributed by atoms with Crippen molar-refractivity contribution in [2.45, 2.75) is 20.8 Å². The number of benzene rings is 1. The van der Waals surface area contributed by atoms with E-state index in [9.17, 15) is 4.79 Å². The smallest absolute Gasteiger partial charge is 0.257 e. The minimum absolute atomic E-state index is 0.0760. The van der Waals surface area contributed by atoms with Gasteiger partial charge in [0.05, 0.1) is 25.5 Å². The summed E-state index contributed by atoms with van der Waals surface area (Å²) in [6, 6.07) is 9.38. The first-order chi connectivity index (χ1) is 14.0. The first-order valence-electron chi connectivity index (χ1n) is 9.57. The molecule has 7 heteroatoms. The Balaban J connectivity index is 2.15. The highest BCUT2D eigenvalue weighted by molar-refractivity contribution is 6.07. The predicted molar refractivity (Wildman–Crippen MR) is 114 cm³/mol. The summed E-state index contributed by atoms with van der Waals surface area (Å²) in [7, 11) is 3.18. The van der Waals surface area contributed by atoms with Gasteiger partial charge in [0.2, 0.25) is 0 Å². The second-order valence-corrected chi connectivity index (χ2v) is 6.54. The number of methoxy groups -OCH3 is 2. The van der Waals surface area contributed by atoms with Crippen LogP contribution in [-0.4, -0.2) is 48.1 Å². The van der Waals surface area contributed by atoms with Gasteiger partial charge in [-0.25, -0.2) is 9.97 Å². The van der Waals surface area contributed by atoms with Gasteiger partial charge in [-0.05, 0) is 45.0 Å². The first-order valence-corrected chi connectivity index (χ1v) is 9.57. The highest BCUT2D eigenvalue weighted by Crippen LogP contribution is 2.34. The Morgan fingerprint density at radius 2 is 1.79 bits per heavy atom. The van der Waals surface area contributed by atoms with Gasteiger partial charge in [-0.15, -0.1) is 0 Å². The van der Waals surface area contributed by atoms with E-state index in [2.05, 4.69) is 15.3 Å². The van der Waals surface area contributed by atoms with E-state index in [4.69, 9.17) is 9.47 Å². The lowest BCUT2D eigenvalue weighted by Gasteiger charge is -2.21. The maximum absolute atomic E-state index is 13.1. The molecule has 0 unspecified atom stereocenters. The van der Waals surface area contributed by atoms with E-state index >= 15 is 0 Å². The number of aromatic nitrogens is 2.